The molecular weight excluding hydrogens is 450 g/mol. The van der Waals surface area contributed by atoms with Crippen LogP contribution in [0.3, 0.4) is 0 Å². The van der Waals surface area contributed by atoms with Crippen molar-refractivity contribution in [3.05, 3.63) is 75.9 Å². The van der Waals surface area contributed by atoms with Crippen LogP contribution in [0.25, 0.3) is 22.0 Å². The first-order chi connectivity index (χ1) is 15.3. The van der Waals surface area contributed by atoms with Crippen LogP contribution in [0, 0.1) is 6.92 Å². The van der Waals surface area contributed by atoms with Crippen molar-refractivity contribution in [3.8, 4) is 16.9 Å². The van der Waals surface area contributed by atoms with Gasteiger partial charge in [-0.2, -0.15) is 0 Å². The number of fused-ring (bicyclic) bond motifs is 1. The number of thiophene rings is 1. The number of pyridine rings is 1. The molecule has 164 valence electrons. The summed E-state index contributed by atoms with van der Waals surface area (Å²) in [5.41, 5.74) is 2.01. The Morgan fingerprint density at radius 1 is 1.06 bits per heavy atom. The number of hydrogen-bond acceptors (Lipinski definition) is 6. The van der Waals surface area contributed by atoms with Crippen molar-refractivity contribution in [2.45, 2.75) is 11.1 Å². The second-order valence-electron chi connectivity index (χ2n) is 6.95. The molecule has 3 N–H and O–H groups in total. The summed E-state index contributed by atoms with van der Waals surface area (Å²) in [4.78, 5) is 29.0. The number of aromatic nitrogens is 1. The quantitative estimate of drug-likeness (QED) is 0.407. The molecule has 0 bridgehead atoms. The molecule has 0 saturated carbocycles. The van der Waals surface area contributed by atoms with Crippen molar-refractivity contribution in [1.29, 1.82) is 0 Å². The van der Waals surface area contributed by atoms with Crippen LogP contribution in [-0.2, 0) is 10.0 Å². The maximum Gasteiger partial charge on any atom is 0.333 e. The topological polar surface area (TPSA) is 117 Å². The number of nitrogens with one attached hydrogen (secondary N) is 3. The molecule has 0 unspecified atom stereocenters. The summed E-state index contributed by atoms with van der Waals surface area (Å²) in [5.74, 6) is 0.582. The molecule has 2 aromatic heterocycles. The zero-order chi connectivity index (χ0) is 22.9. The van der Waals surface area contributed by atoms with Crippen LogP contribution in [0.15, 0.2) is 69.8 Å². The van der Waals surface area contributed by atoms with Gasteiger partial charge in [0, 0.05) is 33.2 Å². The van der Waals surface area contributed by atoms with Crippen molar-refractivity contribution in [1.82, 2.24) is 9.71 Å². The number of amides is 2. The molecule has 10 heteroatoms. The van der Waals surface area contributed by atoms with Gasteiger partial charge in [-0.15, -0.1) is 11.3 Å². The highest BCUT2D eigenvalue weighted by atomic mass is 32.2. The Morgan fingerprint density at radius 2 is 1.81 bits per heavy atom. The molecule has 0 aliphatic carbocycles. The van der Waals surface area contributed by atoms with Gasteiger partial charge in [-0.3, -0.25) is 4.79 Å². The van der Waals surface area contributed by atoms with Gasteiger partial charge >= 0.3 is 6.03 Å². The third kappa shape index (κ3) is 4.36. The Balaban J connectivity index is 1.53. The summed E-state index contributed by atoms with van der Waals surface area (Å²) in [6.45, 7) is 1.78. The minimum absolute atomic E-state index is 0.0626. The molecule has 2 heterocycles. The molecule has 8 nitrogen and oxygen atoms in total. The highest BCUT2D eigenvalue weighted by Crippen LogP contribution is 2.23. The largest absolute Gasteiger partial charge is 0.497 e. The molecule has 0 radical (unpaired) electrons. The van der Waals surface area contributed by atoms with Gasteiger partial charge in [-0.25, -0.2) is 17.9 Å². The lowest BCUT2D eigenvalue weighted by Crippen LogP contribution is -2.33. The summed E-state index contributed by atoms with van der Waals surface area (Å²) in [5, 5.41) is 2.98. The Hall–Kier alpha value is -3.63. The third-order valence-corrected chi connectivity index (χ3v) is 7.57. The Labute approximate surface area is 187 Å². The highest BCUT2D eigenvalue weighted by molar-refractivity contribution is 7.92. The van der Waals surface area contributed by atoms with Gasteiger partial charge in [0.25, 0.3) is 10.0 Å². The average molecular weight is 470 g/mol. The predicted octanol–water partition coefficient (Wildman–Crippen LogP) is 4.08. The summed E-state index contributed by atoms with van der Waals surface area (Å²) in [7, 11) is -2.41. The number of urea groups is 1. The van der Waals surface area contributed by atoms with E-state index < -0.39 is 16.1 Å². The Kier molecular flexibility index (Phi) is 5.72. The summed E-state index contributed by atoms with van der Waals surface area (Å²) < 4.78 is 31.8. The number of H-pyrrole nitrogens is 1. The van der Waals surface area contributed by atoms with E-state index >= 15 is 0 Å². The molecule has 32 heavy (non-hydrogen) atoms. The second kappa shape index (κ2) is 8.48. The predicted molar refractivity (Wildman–Crippen MR) is 125 cm³/mol. The van der Waals surface area contributed by atoms with E-state index in [4.69, 9.17) is 4.74 Å². The first-order valence-corrected chi connectivity index (χ1v) is 11.8. The van der Waals surface area contributed by atoms with Crippen LogP contribution in [0.4, 0.5) is 10.5 Å². The van der Waals surface area contributed by atoms with Gasteiger partial charge in [-0.05, 0) is 55.0 Å². The van der Waals surface area contributed by atoms with E-state index in [0.29, 0.717) is 33.5 Å². The molecule has 0 aliphatic heterocycles. The van der Waals surface area contributed by atoms with Crippen LogP contribution in [-0.4, -0.2) is 26.5 Å². The van der Waals surface area contributed by atoms with E-state index in [1.807, 2.05) is 4.72 Å². The maximum absolute atomic E-state index is 12.9. The molecular formula is C22H19N3O5S2. The van der Waals surface area contributed by atoms with Crippen LogP contribution in [0.2, 0.25) is 0 Å². The van der Waals surface area contributed by atoms with Gasteiger partial charge in [0.2, 0.25) is 0 Å². The molecule has 2 aromatic carbocycles. The zero-order valence-corrected chi connectivity index (χ0v) is 18.8. The number of ether oxygens (including phenoxy) is 1. The number of methoxy groups -OCH3 is 1. The monoisotopic (exact) mass is 469 g/mol. The molecule has 0 aliphatic rings. The van der Waals surface area contributed by atoms with Crippen LogP contribution in [0.1, 0.15) is 4.88 Å². The number of carbonyl (C=O) groups is 1. The average Bonchev–Trinajstić information content (AvgIpc) is 3.21. The second-order valence-corrected chi connectivity index (χ2v) is 10.1. The minimum atomic E-state index is -3.94. The zero-order valence-electron chi connectivity index (χ0n) is 17.1. The fourth-order valence-corrected chi connectivity index (χ4v) is 5.35. The number of aryl methyl sites for hydroxylation is 1. The van der Waals surface area contributed by atoms with Crippen molar-refractivity contribution in [2.24, 2.45) is 0 Å². The summed E-state index contributed by atoms with van der Waals surface area (Å²) in [6, 6.07) is 14.0. The first-order valence-electron chi connectivity index (χ1n) is 9.47. The smallest absolute Gasteiger partial charge is 0.333 e. The van der Waals surface area contributed by atoms with Gasteiger partial charge in [-0.1, -0.05) is 12.1 Å². The lowest BCUT2D eigenvalue weighted by atomic mass is 10.0. The van der Waals surface area contributed by atoms with Crippen molar-refractivity contribution >= 4 is 44.0 Å². The fourth-order valence-electron chi connectivity index (χ4n) is 3.16. The summed E-state index contributed by atoms with van der Waals surface area (Å²) >= 11 is 1.08. The SMILES string of the molecule is COc1ccc2[nH]cc(-c3ccc(NC(=O)NS(=O)(=O)c4ccc(C)s4)cc3)c(=O)c2c1. The fraction of sp³-hybridized carbons (Fsp3) is 0.0909. The van der Waals surface area contributed by atoms with Gasteiger partial charge in [0.1, 0.15) is 9.96 Å². The molecule has 0 fully saturated rings. The van der Waals surface area contributed by atoms with Crippen LogP contribution >= 0.6 is 11.3 Å². The number of aromatic amines is 1. The molecule has 0 atom stereocenters. The Morgan fingerprint density at radius 3 is 2.47 bits per heavy atom. The van der Waals surface area contributed by atoms with E-state index in [0.717, 1.165) is 16.2 Å². The van der Waals surface area contributed by atoms with Crippen LogP contribution < -0.4 is 20.2 Å². The number of rotatable bonds is 5. The minimum Gasteiger partial charge on any atom is -0.497 e. The van der Waals surface area contributed by atoms with Gasteiger partial charge < -0.3 is 15.0 Å². The normalized spacial score (nSPS) is 11.3. The van der Waals surface area contributed by atoms with Crippen LogP contribution in [0.5, 0.6) is 5.75 Å². The lowest BCUT2D eigenvalue weighted by Gasteiger charge is -2.09. The third-order valence-electron chi connectivity index (χ3n) is 4.75. The molecule has 2 amide bonds. The molecule has 4 rings (SSSR count). The number of hydrogen-bond donors (Lipinski definition) is 3. The van der Waals surface area contributed by atoms with Gasteiger partial charge in [0.05, 0.1) is 7.11 Å². The number of anilines is 1. The van der Waals surface area contributed by atoms with Gasteiger partial charge in [0.15, 0.2) is 5.43 Å². The Bertz CT molecular complexity index is 1470. The van der Waals surface area contributed by atoms with E-state index in [1.165, 1.54) is 13.2 Å². The van der Waals surface area contributed by atoms with Crippen molar-refractivity contribution in [2.75, 3.05) is 12.4 Å². The van der Waals surface area contributed by atoms with E-state index in [1.54, 1.807) is 61.7 Å². The van der Waals surface area contributed by atoms with Crippen molar-refractivity contribution < 1.29 is 17.9 Å². The number of benzene rings is 2. The molecule has 4 aromatic rings. The number of sulfonamides is 1. The number of carbonyl (C=O) groups excluding carboxylic acids is 1. The van der Waals surface area contributed by atoms with E-state index in [-0.39, 0.29) is 9.64 Å². The maximum atomic E-state index is 12.9. The summed E-state index contributed by atoms with van der Waals surface area (Å²) in [6.07, 6.45) is 1.63. The standard InChI is InChI=1S/C22H19N3O5S2/c1-13-3-10-20(31-13)32(28,29)25-22(27)24-15-6-4-14(5-7-15)18-12-23-19-9-8-16(30-2)11-17(19)21(18)26/h3-12H,1-2H3,(H,23,26)(H2,24,25,27). The highest BCUT2D eigenvalue weighted by Gasteiger charge is 2.19. The first kappa shape index (κ1) is 21.6. The van der Waals surface area contributed by atoms with E-state index in [9.17, 15) is 18.0 Å². The lowest BCUT2D eigenvalue weighted by molar-refractivity contribution is 0.256. The molecule has 0 saturated heterocycles. The molecule has 0 spiro atoms. The van der Waals surface area contributed by atoms with E-state index in [2.05, 4.69) is 10.3 Å². The van der Waals surface area contributed by atoms with Crippen molar-refractivity contribution in [3.63, 3.8) is 0 Å².